The zero-order chi connectivity index (χ0) is 18.9. The average molecular weight is 370 g/mol. The lowest BCUT2D eigenvalue weighted by Crippen LogP contribution is -2.49. The smallest absolute Gasteiger partial charge is 0.405 e. The Hall–Kier alpha value is -1.76. The third-order valence-corrected chi connectivity index (χ3v) is 5.74. The van der Waals surface area contributed by atoms with Crippen LogP contribution in [0, 0.1) is 17.8 Å². The highest BCUT2D eigenvalue weighted by Crippen LogP contribution is 2.42. The van der Waals surface area contributed by atoms with Crippen LogP contribution in [-0.4, -0.2) is 30.3 Å². The molecule has 0 aliphatic heterocycles. The van der Waals surface area contributed by atoms with Gasteiger partial charge in [-0.2, -0.15) is 0 Å². The Bertz CT molecular complexity index is 636. The van der Waals surface area contributed by atoms with E-state index in [0.717, 1.165) is 25.7 Å². The van der Waals surface area contributed by atoms with Crippen molar-refractivity contribution >= 4 is 5.91 Å². The number of rotatable bonds is 4. The first-order valence-electron chi connectivity index (χ1n) is 9.09. The predicted octanol–water partition coefficient (Wildman–Crippen LogP) is 3.70. The fourth-order valence-electron chi connectivity index (χ4n) is 4.49. The van der Waals surface area contributed by atoms with Crippen LogP contribution in [-0.2, 0) is 11.3 Å². The maximum atomic E-state index is 12.9. The van der Waals surface area contributed by atoms with Crippen LogP contribution in [0.1, 0.15) is 37.7 Å². The molecule has 0 radical (unpaired) electrons. The van der Waals surface area contributed by atoms with E-state index in [9.17, 15) is 18.0 Å². The molecular formula is C19H25F3N2O2. The maximum absolute atomic E-state index is 12.9. The van der Waals surface area contributed by atoms with Crippen LogP contribution in [0.5, 0.6) is 5.75 Å². The normalized spacial score (nSPS) is 28.5. The van der Waals surface area contributed by atoms with Crippen LogP contribution in [0.3, 0.4) is 0 Å². The largest absolute Gasteiger partial charge is 0.573 e. The summed E-state index contributed by atoms with van der Waals surface area (Å²) in [7, 11) is 1.64. The van der Waals surface area contributed by atoms with Gasteiger partial charge in [-0.3, -0.25) is 4.79 Å². The highest BCUT2D eigenvalue weighted by molar-refractivity contribution is 5.78. The van der Waals surface area contributed by atoms with Crippen molar-refractivity contribution in [3.63, 3.8) is 0 Å². The molecule has 7 heteroatoms. The third-order valence-electron chi connectivity index (χ3n) is 5.74. The summed E-state index contributed by atoms with van der Waals surface area (Å²) < 4.78 is 41.8. The van der Waals surface area contributed by atoms with E-state index in [1.54, 1.807) is 19.2 Å². The molecule has 2 atom stereocenters. The van der Waals surface area contributed by atoms with Crippen LogP contribution in [0.25, 0.3) is 0 Å². The molecule has 2 bridgehead atoms. The first kappa shape index (κ1) is 19.0. The number of para-hydroxylation sites is 1. The lowest BCUT2D eigenvalue weighted by molar-refractivity contribution is -0.275. The first-order chi connectivity index (χ1) is 12.2. The van der Waals surface area contributed by atoms with E-state index >= 15 is 0 Å². The Morgan fingerprint density at radius 3 is 2.46 bits per heavy atom. The fraction of sp³-hybridized carbons (Fsp3) is 0.632. The van der Waals surface area contributed by atoms with Crippen molar-refractivity contribution in [2.75, 3.05) is 7.05 Å². The second-order valence-corrected chi connectivity index (χ2v) is 7.55. The van der Waals surface area contributed by atoms with E-state index in [2.05, 4.69) is 4.74 Å². The molecular weight excluding hydrogens is 345 g/mol. The fourth-order valence-corrected chi connectivity index (χ4v) is 4.49. The topological polar surface area (TPSA) is 55.6 Å². The molecule has 1 aromatic rings. The van der Waals surface area contributed by atoms with Crippen LogP contribution >= 0.6 is 0 Å². The number of nitrogens with zero attached hydrogens (tertiary/aromatic N) is 1. The Morgan fingerprint density at radius 2 is 1.85 bits per heavy atom. The molecule has 2 unspecified atom stereocenters. The van der Waals surface area contributed by atoms with Gasteiger partial charge < -0.3 is 15.4 Å². The summed E-state index contributed by atoms with van der Waals surface area (Å²) in [5.41, 5.74) is 6.62. The monoisotopic (exact) mass is 370 g/mol. The molecule has 0 spiro atoms. The van der Waals surface area contributed by atoms with E-state index in [1.165, 1.54) is 23.5 Å². The van der Waals surface area contributed by atoms with Gasteiger partial charge >= 0.3 is 6.36 Å². The molecule has 144 valence electrons. The SMILES string of the molecule is CN(Cc1ccccc1OC(F)(F)F)C(=O)C1CC2CCCC(C1)C2N. The van der Waals surface area contributed by atoms with Crippen LogP contribution in [0.2, 0.25) is 0 Å². The van der Waals surface area contributed by atoms with Crippen molar-refractivity contribution in [3.05, 3.63) is 29.8 Å². The number of ether oxygens (including phenoxy) is 1. The standard InChI is InChI=1S/C19H25F3N2O2/c1-24(11-14-5-2-3-8-16(14)26-19(20,21)22)18(25)15-9-12-6-4-7-13(10-15)17(12)23/h2-3,5,8,12-13,15,17H,4,6-7,9-11,23H2,1H3. The van der Waals surface area contributed by atoms with Gasteiger partial charge in [-0.25, -0.2) is 0 Å². The molecule has 2 aliphatic carbocycles. The van der Waals surface area contributed by atoms with Gasteiger partial charge in [0, 0.05) is 31.1 Å². The second-order valence-electron chi connectivity index (χ2n) is 7.55. The van der Waals surface area contributed by atoms with Gasteiger partial charge in [0.25, 0.3) is 0 Å². The van der Waals surface area contributed by atoms with Crippen molar-refractivity contribution in [2.45, 2.75) is 51.1 Å². The van der Waals surface area contributed by atoms with Crippen molar-refractivity contribution in [2.24, 2.45) is 23.5 Å². The van der Waals surface area contributed by atoms with Crippen molar-refractivity contribution < 1.29 is 22.7 Å². The lowest BCUT2D eigenvalue weighted by atomic mass is 9.65. The van der Waals surface area contributed by atoms with E-state index in [4.69, 9.17) is 5.73 Å². The van der Waals surface area contributed by atoms with Crippen molar-refractivity contribution in [3.8, 4) is 5.75 Å². The van der Waals surface area contributed by atoms with Gasteiger partial charge in [0.15, 0.2) is 0 Å². The second kappa shape index (κ2) is 7.47. The van der Waals surface area contributed by atoms with Crippen LogP contribution < -0.4 is 10.5 Å². The minimum absolute atomic E-state index is 0.0180. The number of amides is 1. The molecule has 3 rings (SSSR count). The van der Waals surface area contributed by atoms with Crippen LogP contribution in [0.4, 0.5) is 13.2 Å². The molecule has 1 aromatic carbocycles. The van der Waals surface area contributed by atoms with Crippen LogP contribution in [0.15, 0.2) is 24.3 Å². The Balaban J connectivity index is 1.67. The third kappa shape index (κ3) is 4.31. The summed E-state index contributed by atoms with van der Waals surface area (Å²) in [6, 6.07) is 6.12. The van der Waals surface area contributed by atoms with Gasteiger partial charge in [-0.15, -0.1) is 13.2 Å². The van der Waals surface area contributed by atoms with E-state index in [0.29, 0.717) is 17.4 Å². The lowest BCUT2D eigenvalue weighted by Gasteiger charge is -2.44. The Kier molecular flexibility index (Phi) is 5.46. The minimum Gasteiger partial charge on any atom is -0.405 e. The molecule has 2 aliphatic rings. The molecule has 2 N–H and O–H groups in total. The summed E-state index contributed by atoms with van der Waals surface area (Å²) in [6.07, 6.45) is 0.0987. The van der Waals surface area contributed by atoms with Crippen molar-refractivity contribution in [1.29, 1.82) is 0 Å². The number of halogens is 3. The Morgan fingerprint density at radius 1 is 1.23 bits per heavy atom. The minimum atomic E-state index is -4.75. The van der Waals surface area contributed by atoms with Crippen molar-refractivity contribution in [1.82, 2.24) is 4.90 Å². The average Bonchev–Trinajstić information content (AvgIpc) is 2.54. The number of carbonyl (C=O) groups excluding carboxylic acids is 1. The number of fused-ring (bicyclic) bond motifs is 2. The molecule has 1 amide bonds. The summed E-state index contributed by atoms with van der Waals surface area (Å²) in [5.74, 6) is 0.389. The summed E-state index contributed by atoms with van der Waals surface area (Å²) in [6.45, 7) is 0.0863. The number of hydrogen-bond acceptors (Lipinski definition) is 3. The van der Waals surface area contributed by atoms with E-state index in [-0.39, 0.29) is 30.2 Å². The number of carbonyl (C=O) groups is 1. The van der Waals surface area contributed by atoms with Gasteiger partial charge in [-0.1, -0.05) is 24.6 Å². The molecule has 0 heterocycles. The van der Waals surface area contributed by atoms with Gasteiger partial charge in [-0.05, 0) is 43.6 Å². The Labute approximate surface area is 151 Å². The maximum Gasteiger partial charge on any atom is 0.573 e. The van der Waals surface area contributed by atoms with E-state index in [1.807, 2.05) is 0 Å². The number of hydrogen-bond donors (Lipinski definition) is 1. The quantitative estimate of drug-likeness (QED) is 0.879. The summed E-state index contributed by atoms with van der Waals surface area (Å²) >= 11 is 0. The van der Waals surface area contributed by atoms with Gasteiger partial charge in [0.1, 0.15) is 5.75 Å². The molecule has 26 heavy (non-hydrogen) atoms. The zero-order valence-corrected chi connectivity index (χ0v) is 14.8. The number of benzene rings is 1. The first-order valence-corrected chi connectivity index (χ1v) is 9.09. The summed E-state index contributed by atoms with van der Waals surface area (Å²) in [4.78, 5) is 14.4. The van der Waals surface area contributed by atoms with Gasteiger partial charge in [0.2, 0.25) is 5.91 Å². The van der Waals surface area contributed by atoms with E-state index < -0.39 is 6.36 Å². The highest BCUT2D eigenvalue weighted by atomic mass is 19.4. The molecule has 2 saturated carbocycles. The van der Waals surface area contributed by atoms with Gasteiger partial charge in [0.05, 0.1) is 0 Å². The summed E-state index contributed by atoms with van der Waals surface area (Å²) in [5, 5.41) is 0. The highest BCUT2D eigenvalue weighted by Gasteiger charge is 2.41. The zero-order valence-electron chi connectivity index (χ0n) is 14.8. The molecule has 0 aromatic heterocycles. The number of alkyl halides is 3. The number of nitrogens with two attached hydrogens (primary N) is 1. The predicted molar refractivity (Wildman–Crippen MR) is 91.1 cm³/mol. The molecule has 0 saturated heterocycles. The molecule has 2 fully saturated rings. The molecule has 4 nitrogen and oxygen atoms in total.